The van der Waals surface area contributed by atoms with Crippen LogP contribution in [0.4, 0.5) is 8.78 Å². The second-order valence-electron chi connectivity index (χ2n) is 9.48. The van der Waals surface area contributed by atoms with Gasteiger partial charge in [0.05, 0.1) is 17.8 Å². The lowest BCUT2D eigenvalue weighted by molar-refractivity contribution is -0.155. The highest BCUT2D eigenvalue weighted by molar-refractivity contribution is 6.01. The number of nitrogens with two attached hydrogens (primary N) is 1. The van der Waals surface area contributed by atoms with Crippen LogP contribution in [-0.4, -0.2) is 36.0 Å². The Balaban J connectivity index is 0.000000581. The maximum Gasteiger partial charge on any atom is 0.159 e. The van der Waals surface area contributed by atoms with Gasteiger partial charge in [-0.25, -0.2) is 13.8 Å². The minimum atomic E-state index is -0.958. The van der Waals surface area contributed by atoms with E-state index in [0.717, 1.165) is 49.7 Å². The highest BCUT2D eigenvalue weighted by Gasteiger charge is 2.21. The van der Waals surface area contributed by atoms with Crippen LogP contribution in [-0.2, 0) is 15.9 Å². The Hall–Kier alpha value is -2.35. The first-order valence-electron chi connectivity index (χ1n) is 13.1. The molecule has 0 radical (unpaired) electrons. The van der Waals surface area contributed by atoms with E-state index in [-0.39, 0.29) is 17.5 Å². The number of allylic oxidation sites excluding steroid dienone is 3. The van der Waals surface area contributed by atoms with Gasteiger partial charge in [-0.15, -0.1) is 0 Å². The molecule has 0 spiro atoms. The molecule has 2 unspecified atom stereocenters. The fourth-order valence-corrected chi connectivity index (χ4v) is 3.41. The highest BCUT2D eigenvalue weighted by Crippen LogP contribution is 2.22. The Bertz CT molecular complexity index is 885. The lowest BCUT2D eigenvalue weighted by atomic mass is 10.0. The summed E-state index contributed by atoms with van der Waals surface area (Å²) in [5, 5.41) is 8.60. The summed E-state index contributed by atoms with van der Waals surface area (Å²) in [7, 11) is 1.46. The molecule has 0 bridgehead atoms. The quantitative estimate of drug-likeness (QED) is 0.152. The van der Waals surface area contributed by atoms with Gasteiger partial charge in [0.15, 0.2) is 5.79 Å². The monoisotopic (exact) mass is 522 g/mol. The summed E-state index contributed by atoms with van der Waals surface area (Å²) in [6, 6.07) is 6.69. The average molecular weight is 523 g/mol. The number of hydrogen-bond acceptors (Lipinski definition) is 4. The van der Waals surface area contributed by atoms with Crippen molar-refractivity contribution < 1.29 is 23.4 Å². The molecular weight excluding hydrogens is 474 g/mol. The molecule has 0 saturated carbocycles. The lowest BCUT2D eigenvalue weighted by Crippen LogP contribution is -2.20. The van der Waals surface area contributed by atoms with E-state index >= 15 is 0 Å². The minimum Gasteiger partial charge on any atom is -0.383 e. The van der Waals surface area contributed by atoms with E-state index in [1.54, 1.807) is 27.0 Å². The van der Waals surface area contributed by atoms with E-state index < -0.39 is 5.79 Å². The molecule has 37 heavy (non-hydrogen) atoms. The van der Waals surface area contributed by atoms with Gasteiger partial charge in [0.2, 0.25) is 0 Å². The standard InChI is InChI=1S/C14H23FN2.C12H15FO.C4H10O2/c1-5-8-10-17-14(16)13(12(15)7-3)11(4)9-6-2;1-9-2-7-12(14-9)8-10-3-5-11(13)6-4-10;1-4(2,5)6-3/h7-8,10H,5-6,9H2,1-4H3,(H2,16,17);3-6,9,12H,2,7-8H2,1H3;5H,1-3H3/b10-8+,12-7+,13-11+;;. The smallest absolute Gasteiger partial charge is 0.159 e. The predicted octanol–water partition coefficient (Wildman–Crippen LogP) is 7.55. The van der Waals surface area contributed by atoms with Gasteiger partial charge in [-0.1, -0.05) is 50.1 Å². The number of rotatable bonds is 9. The molecule has 1 heterocycles. The maximum atomic E-state index is 13.7. The van der Waals surface area contributed by atoms with Crippen LogP contribution >= 0.6 is 0 Å². The summed E-state index contributed by atoms with van der Waals surface area (Å²) in [6.45, 7) is 12.9. The number of aliphatic hydroxyl groups is 1. The van der Waals surface area contributed by atoms with Gasteiger partial charge >= 0.3 is 0 Å². The molecular formula is C30H48F2N2O3. The third kappa shape index (κ3) is 16.2. The molecule has 2 rings (SSSR count). The second-order valence-corrected chi connectivity index (χ2v) is 9.48. The molecule has 0 aromatic heterocycles. The molecule has 210 valence electrons. The summed E-state index contributed by atoms with van der Waals surface area (Å²) in [6.07, 6.45) is 11.5. The van der Waals surface area contributed by atoms with Crippen LogP contribution in [0.25, 0.3) is 0 Å². The summed E-state index contributed by atoms with van der Waals surface area (Å²) < 4.78 is 36.6. The van der Waals surface area contributed by atoms with Crippen LogP contribution in [0.5, 0.6) is 0 Å². The SMILES string of the molecule is CC1CCC(Cc2ccc(F)cc2)O1.COC(C)(C)O.C\C=C(F)/C(C(/N)=N/C=C/CC)=C(/C)CCC. The van der Waals surface area contributed by atoms with Crippen LogP contribution < -0.4 is 5.73 Å². The number of methoxy groups -OCH3 is 1. The molecule has 0 aliphatic carbocycles. The molecule has 7 heteroatoms. The molecule has 1 fully saturated rings. The zero-order valence-electron chi connectivity index (χ0n) is 24.0. The minimum absolute atomic E-state index is 0.172. The Morgan fingerprint density at radius 1 is 1.24 bits per heavy atom. The number of nitrogens with zero attached hydrogens (tertiary/aromatic N) is 1. The number of hydrogen-bond donors (Lipinski definition) is 2. The fraction of sp³-hybridized carbons (Fsp3) is 0.567. The molecule has 1 aliphatic rings. The van der Waals surface area contributed by atoms with Crippen molar-refractivity contribution in [2.45, 2.75) is 105 Å². The summed E-state index contributed by atoms with van der Waals surface area (Å²) >= 11 is 0. The van der Waals surface area contributed by atoms with E-state index in [0.29, 0.717) is 17.8 Å². The van der Waals surface area contributed by atoms with Crippen LogP contribution in [0.2, 0.25) is 0 Å². The topological polar surface area (TPSA) is 77.1 Å². The van der Waals surface area contributed by atoms with Gasteiger partial charge in [-0.2, -0.15) is 0 Å². The second kappa shape index (κ2) is 18.8. The zero-order chi connectivity index (χ0) is 28.4. The van der Waals surface area contributed by atoms with E-state index in [1.807, 2.05) is 32.1 Å². The summed E-state index contributed by atoms with van der Waals surface area (Å²) in [5.41, 5.74) is 8.36. The Morgan fingerprint density at radius 2 is 1.84 bits per heavy atom. The van der Waals surface area contributed by atoms with E-state index in [9.17, 15) is 8.78 Å². The number of amidine groups is 1. The van der Waals surface area contributed by atoms with Crippen LogP contribution in [0.1, 0.15) is 86.1 Å². The maximum absolute atomic E-state index is 13.7. The predicted molar refractivity (Wildman–Crippen MR) is 151 cm³/mol. The van der Waals surface area contributed by atoms with Crippen LogP contribution in [0, 0.1) is 5.82 Å². The van der Waals surface area contributed by atoms with Crippen molar-refractivity contribution in [3.63, 3.8) is 0 Å². The van der Waals surface area contributed by atoms with E-state index in [1.165, 1.54) is 25.3 Å². The first-order valence-corrected chi connectivity index (χ1v) is 13.1. The molecule has 1 saturated heterocycles. The molecule has 1 aromatic carbocycles. The number of benzene rings is 1. The zero-order valence-corrected chi connectivity index (χ0v) is 24.0. The van der Waals surface area contributed by atoms with Crippen molar-refractivity contribution in [2.75, 3.05) is 7.11 Å². The van der Waals surface area contributed by atoms with Gasteiger partial charge in [-0.05, 0) is 84.4 Å². The molecule has 3 N–H and O–H groups in total. The molecule has 5 nitrogen and oxygen atoms in total. The highest BCUT2D eigenvalue weighted by atomic mass is 19.1. The van der Waals surface area contributed by atoms with Crippen molar-refractivity contribution >= 4 is 5.84 Å². The first-order chi connectivity index (χ1) is 17.4. The Morgan fingerprint density at radius 3 is 2.27 bits per heavy atom. The van der Waals surface area contributed by atoms with Crippen molar-refractivity contribution in [1.29, 1.82) is 0 Å². The van der Waals surface area contributed by atoms with Crippen molar-refractivity contribution in [3.8, 4) is 0 Å². The molecule has 1 aliphatic heterocycles. The molecule has 1 aromatic rings. The average Bonchev–Trinajstić information content (AvgIpc) is 3.25. The van der Waals surface area contributed by atoms with Crippen molar-refractivity contribution in [1.82, 2.24) is 0 Å². The van der Waals surface area contributed by atoms with Gasteiger partial charge in [0.25, 0.3) is 0 Å². The Kier molecular flexibility index (Phi) is 17.6. The van der Waals surface area contributed by atoms with Gasteiger partial charge in [0, 0.05) is 13.3 Å². The van der Waals surface area contributed by atoms with Gasteiger partial charge in [-0.3, -0.25) is 0 Å². The Labute approximate surface area is 223 Å². The fourth-order valence-electron chi connectivity index (χ4n) is 3.41. The van der Waals surface area contributed by atoms with Crippen LogP contribution in [0.3, 0.4) is 0 Å². The van der Waals surface area contributed by atoms with E-state index in [2.05, 4.69) is 23.6 Å². The molecule has 0 amide bonds. The third-order valence-corrected chi connectivity index (χ3v) is 5.55. The normalized spacial score (nSPS) is 19.1. The van der Waals surface area contributed by atoms with Crippen molar-refractivity contribution in [3.05, 3.63) is 71.0 Å². The van der Waals surface area contributed by atoms with Gasteiger partial charge < -0.3 is 20.3 Å². The summed E-state index contributed by atoms with van der Waals surface area (Å²) in [4.78, 5) is 4.06. The van der Waals surface area contributed by atoms with E-state index in [4.69, 9.17) is 15.6 Å². The van der Waals surface area contributed by atoms with Crippen LogP contribution in [0.15, 0.2) is 64.6 Å². The largest absolute Gasteiger partial charge is 0.383 e. The number of ether oxygens (including phenoxy) is 2. The number of halogens is 2. The summed E-state index contributed by atoms with van der Waals surface area (Å²) in [5.74, 6) is -1.19. The molecule has 2 atom stereocenters. The lowest BCUT2D eigenvalue weighted by Gasteiger charge is -2.12. The van der Waals surface area contributed by atoms with Gasteiger partial charge in [0.1, 0.15) is 17.5 Å². The first kappa shape index (κ1) is 34.6. The van der Waals surface area contributed by atoms with Crippen molar-refractivity contribution in [2.24, 2.45) is 10.7 Å². The number of aliphatic imine (C=N–C) groups is 1. The third-order valence-electron chi connectivity index (χ3n) is 5.55.